The molecule has 0 bridgehead atoms. The molecule has 1 aromatic rings. The van der Waals surface area contributed by atoms with Crippen LogP contribution in [0.3, 0.4) is 0 Å². The van der Waals surface area contributed by atoms with Gasteiger partial charge in [0.25, 0.3) is 0 Å². The number of hydrogen-bond donors (Lipinski definition) is 0. The van der Waals surface area contributed by atoms with Crippen LogP contribution in [0.15, 0.2) is 16.8 Å². The SMILES string of the molecule is CC(=O)N1CC(=O)N(c2ccsc2)CC12CCN(CC1CCCCC1)C2. The normalized spacial score (nSPS) is 28.3. The van der Waals surface area contributed by atoms with Crippen molar-refractivity contribution >= 4 is 28.8 Å². The van der Waals surface area contributed by atoms with Crippen LogP contribution in [0.4, 0.5) is 5.69 Å². The molecule has 3 aliphatic rings. The molecule has 2 amide bonds. The minimum absolute atomic E-state index is 0.0304. The van der Waals surface area contributed by atoms with Crippen LogP contribution in [0.5, 0.6) is 0 Å². The van der Waals surface area contributed by atoms with E-state index < -0.39 is 0 Å². The van der Waals surface area contributed by atoms with Gasteiger partial charge in [0.2, 0.25) is 11.8 Å². The second-order valence-electron chi connectivity index (χ2n) is 8.28. The van der Waals surface area contributed by atoms with E-state index in [-0.39, 0.29) is 23.9 Å². The maximum absolute atomic E-state index is 12.7. The molecule has 2 aliphatic heterocycles. The highest BCUT2D eigenvalue weighted by Crippen LogP contribution is 2.36. The van der Waals surface area contributed by atoms with Gasteiger partial charge >= 0.3 is 0 Å². The minimum Gasteiger partial charge on any atom is -0.325 e. The molecule has 3 heterocycles. The van der Waals surface area contributed by atoms with Crippen LogP contribution in [-0.2, 0) is 9.59 Å². The highest BCUT2D eigenvalue weighted by atomic mass is 32.1. The van der Waals surface area contributed by atoms with E-state index in [9.17, 15) is 9.59 Å². The summed E-state index contributed by atoms with van der Waals surface area (Å²) in [6, 6.07) is 2.01. The van der Waals surface area contributed by atoms with Crippen molar-refractivity contribution in [3.63, 3.8) is 0 Å². The zero-order valence-corrected chi connectivity index (χ0v) is 16.5. The first kappa shape index (κ1) is 18.0. The highest BCUT2D eigenvalue weighted by Gasteiger charge is 2.50. The lowest BCUT2D eigenvalue weighted by molar-refractivity contribution is -0.142. The Morgan fingerprint density at radius 3 is 2.77 bits per heavy atom. The summed E-state index contributed by atoms with van der Waals surface area (Å²) in [5.74, 6) is 0.876. The molecule has 0 radical (unpaired) electrons. The van der Waals surface area contributed by atoms with Gasteiger partial charge in [0.1, 0.15) is 6.54 Å². The van der Waals surface area contributed by atoms with Crippen molar-refractivity contribution in [2.75, 3.05) is 37.6 Å². The summed E-state index contributed by atoms with van der Waals surface area (Å²) < 4.78 is 0. The number of hydrogen-bond acceptors (Lipinski definition) is 4. The Kier molecular flexibility index (Phi) is 5.06. The number of carbonyl (C=O) groups excluding carboxylic acids is 2. The monoisotopic (exact) mass is 375 g/mol. The summed E-state index contributed by atoms with van der Waals surface area (Å²) in [4.78, 5) is 31.3. The Bertz CT molecular complexity index is 656. The van der Waals surface area contributed by atoms with Crippen LogP contribution in [-0.4, -0.2) is 59.9 Å². The van der Waals surface area contributed by atoms with Gasteiger partial charge in [0.05, 0.1) is 17.8 Å². The zero-order valence-electron chi connectivity index (χ0n) is 15.7. The first-order chi connectivity index (χ1) is 12.6. The van der Waals surface area contributed by atoms with Crippen LogP contribution in [0, 0.1) is 5.92 Å². The average Bonchev–Trinajstić information content (AvgIpc) is 3.28. The summed E-state index contributed by atoms with van der Waals surface area (Å²) in [6.45, 7) is 5.54. The first-order valence-corrected chi connectivity index (χ1v) is 10.8. The van der Waals surface area contributed by atoms with Gasteiger partial charge < -0.3 is 14.7 Å². The molecule has 1 aromatic heterocycles. The van der Waals surface area contributed by atoms with Crippen molar-refractivity contribution in [1.29, 1.82) is 0 Å². The van der Waals surface area contributed by atoms with E-state index in [1.54, 1.807) is 18.3 Å². The maximum Gasteiger partial charge on any atom is 0.246 e. The molecule has 4 rings (SSSR count). The van der Waals surface area contributed by atoms with Crippen molar-refractivity contribution in [3.05, 3.63) is 16.8 Å². The molecule has 1 unspecified atom stereocenters. The lowest BCUT2D eigenvalue weighted by Crippen LogP contribution is -2.66. The Morgan fingerprint density at radius 1 is 1.27 bits per heavy atom. The molecular weight excluding hydrogens is 346 g/mol. The van der Waals surface area contributed by atoms with E-state index in [1.165, 1.54) is 32.1 Å². The third kappa shape index (κ3) is 3.41. The Morgan fingerprint density at radius 2 is 2.08 bits per heavy atom. The standard InChI is InChI=1S/C20H29N3O2S/c1-16(24)23-12-19(25)22(18-7-10-26-13-18)15-20(23)8-9-21(14-20)11-17-5-3-2-4-6-17/h7,10,13,17H,2-6,8-9,11-12,14-15H2,1H3. The van der Waals surface area contributed by atoms with Crippen molar-refractivity contribution in [1.82, 2.24) is 9.80 Å². The molecule has 0 aromatic carbocycles. The second-order valence-corrected chi connectivity index (χ2v) is 9.06. The lowest BCUT2D eigenvalue weighted by atomic mass is 9.89. The number of rotatable bonds is 3. The van der Waals surface area contributed by atoms with Gasteiger partial charge in [-0.25, -0.2) is 0 Å². The molecule has 0 N–H and O–H groups in total. The Hall–Kier alpha value is -1.40. The molecule has 1 aliphatic carbocycles. The van der Waals surface area contributed by atoms with Crippen molar-refractivity contribution in [2.45, 2.75) is 51.0 Å². The molecule has 26 heavy (non-hydrogen) atoms. The predicted octanol–water partition coefficient (Wildman–Crippen LogP) is 2.97. The van der Waals surface area contributed by atoms with Crippen molar-refractivity contribution in [2.24, 2.45) is 5.92 Å². The van der Waals surface area contributed by atoms with Crippen LogP contribution < -0.4 is 4.90 Å². The first-order valence-electron chi connectivity index (χ1n) is 9.90. The third-order valence-corrected chi connectivity index (χ3v) is 7.14. The lowest BCUT2D eigenvalue weighted by Gasteiger charge is -2.48. The van der Waals surface area contributed by atoms with Crippen LogP contribution in [0.25, 0.3) is 0 Å². The maximum atomic E-state index is 12.7. The Labute approximate surface area is 159 Å². The predicted molar refractivity (Wildman–Crippen MR) is 104 cm³/mol. The smallest absolute Gasteiger partial charge is 0.246 e. The molecule has 1 atom stereocenters. The minimum atomic E-state index is -0.226. The average molecular weight is 376 g/mol. The third-order valence-electron chi connectivity index (χ3n) is 6.47. The molecule has 142 valence electrons. The van der Waals surface area contributed by atoms with E-state index in [4.69, 9.17) is 0 Å². The largest absolute Gasteiger partial charge is 0.325 e. The molecule has 1 spiro atoms. The second kappa shape index (κ2) is 7.31. The van der Waals surface area contributed by atoms with Gasteiger partial charge in [0.15, 0.2) is 0 Å². The van der Waals surface area contributed by atoms with Gasteiger partial charge in [-0.05, 0) is 36.6 Å². The van der Waals surface area contributed by atoms with E-state index in [1.807, 2.05) is 26.6 Å². The van der Waals surface area contributed by atoms with E-state index in [0.717, 1.165) is 37.7 Å². The molecule has 5 nitrogen and oxygen atoms in total. The molecular formula is C20H29N3O2S. The number of nitrogens with zero attached hydrogens (tertiary/aromatic N) is 3. The number of carbonyl (C=O) groups is 2. The van der Waals surface area contributed by atoms with Crippen LogP contribution in [0.1, 0.15) is 45.4 Å². The van der Waals surface area contributed by atoms with Crippen molar-refractivity contribution < 1.29 is 9.59 Å². The summed E-state index contributed by atoms with van der Waals surface area (Å²) in [7, 11) is 0. The molecule has 3 fully saturated rings. The number of amides is 2. The Balaban J connectivity index is 1.51. The van der Waals surface area contributed by atoms with E-state index >= 15 is 0 Å². The topological polar surface area (TPSA) is 43.9 Å². The van der Waals surface area contributed by atoms with Crippen LogP contribution in [0.2, 0.25) is 0 Å². The number of thiophene rings is 1. The van der Waals surface area contributed by atoms with Gasteiger partial charge in [0, 0.05) is 31.9 Å². The highest BCUT2D eigenvalue weighted by molar-refractivity contribution is 7.08. The molecule has 1 saturated carbocycles. The van der Waals surface area contributed by atoms with Gasteiger partial charge in [-0.1, -0.05) is 19.3 Å². The molecule has 6 heteroatoms. The summed E-state index contributed by atoms with van der Waals surface area (Å²) >= 11 is 1.61. The van der Waals surface area contributed by atoms with Crippen LogP contribution >= 0.6 is 11.3 Å². The van der Waals surface area contributed by atoms with Gasteiger partial charge in [-0.3, -0.25) is 9.59 Å². The summed E-state index contributed by atoms with van der Waals surface area (Å²) in [5.41, 5.74) is 0.754. The number of likely N-dealkylation sites (tertiary alicyclic amines) is 1. The summed E-state index contributed by atoms with van der Waals surface area (Å²) in [5, 5.41) is 4.04. The van der Waals surface area contributed by atoms with Gasteiger partial charge in [-0.15, -0.1) is 0 Å². The van der Waals surface area contributed by atoms with Crippen molar-refractivity contribution in [3.8, 4) is 0 Å². The number of piperazine rings is 1. The summed E-state index contributed by atoms with van der Waals surface area (Å²) in [6.07, 6.45) is 7.77. The fourth-order valence-corrected chi connectivity index (χ4v) is 5.77. The quantitative estimate of drug-likeness (QED) is 0.816. The number of anilines is 1. The zero-order chi connectivity index (χ0) is 18.1. The molecule has 2 saturated heterocycles. The van der Waals surface area contributed by atoms with E-state index in [2.05, 4.69) is 4.90 Å². The van der Waals surface area contributed by atoms with Gasteiger partial charge in [-0.2, -0.15) is 11.3 Å². The van der Waals surface area contributed by atoms with E-state index in [0.29, 0.717) is 6.54 Å². The fraction of sp³-hybridized carbons (Fsp3) is 0.700. The fourth-order valence-electron chi connectivity index (χ4n) is 5.13.